The lowest BCUT2D eigenvalue weighted by molar-refractivity contribution is -0.385. The number of nitro benzene ring substituents is 2. The molecule has 2 aromatic rings. The smallest absolute Gasteiger partial charge is 0.274 e. The number of hydrogen-bond acceptors (Lipinski definition) is 5. The summed E-state index contributed by atoms with van der Waals surface area (Å²) < 4.78 is 0. The summed E-state index contributed by atoms with van der Waals surface area (Å²) in [6.07, 6.45) is 0. The SMILES string of the molecule is CC(Nc1cccc([N+](=O)[O-])c1)c1ccccc1[N+](=O)[O-]. The maximum atomic E-state index is 11.0. The molecule has 0 aliphatic rings. The van der Waals surface area contributed by atoms with Gasteiger partial charge in [0.2, 0.25) is 0 Å². The van der Waals surface area contributed by atoms with Gasteiger partial charge in [-0.05, 0) is 13.0 Å². The second-order valence-electron chi connectivity index (χ2n) is 4.49. The van der Waals surface area contributed by atoms with E-state index >= 15 is 0 Å². The second-order valence-corrected chi connectivity index (χ2v) is 4.49. The summed E-state index contributed by atoms with van der Waals surface area (Å²) in [4.78, 5) is 20.8. The van der Waals surface area contributed by atoms with Crippen molar-refractivity contribution in [3.63, 3.8) is 0 Å². The number of nitrogens with zero attached hydrogens (tertiary/aromatic N) is 2. The van der Waals surface area contributed by atoms with Gasteiger partial charge in [0, 0.05) is 23.9 Å². The average Bonchev–Trinajstić information content (AvgIpc) is 2.47. The Kier molecular flexibility index (Phi) is 4.13. The van der Waals surface area contributed by atoms with Crippen molar-refractivity contribution in [2.75, 3.05) is 5.32 Å². The average molecular weight is 287 g/mol. The first kappa shape index (κ1) is 14.4. The molecule has 0 aliphatic heterocycles. The van der Waals surface area contributed by atoms with Gasteiger partial charge >= 0.3 is 0 Å². The molecule has 0 spiro atoms. The van der Waals surface area contributed by atoms with Gasteiger partial charge in [-0.3, -0.25) is 20.2 Å². The first-order valence-electron chi connectivity index (χ1n) is 6.23. The van der Waals surface area contributed by atoms with Crippen molar-refractivity contribution in [1.29, 1.82) is 0 Å². The second kappa shape index (κ2) is 6.00. The number of non-ortho nitro benzene ring substituents is 1. The molecule has 0 fully saturated rings. The topological polar surface area (TPSA) is 98.3 Å². The lowest BCUT2D eigenvalue weighted by Gasteiger charge is -2.15. The van der Waals surface area contributed by atoms with E-state index in [9.17, 15) is 20.2 Å². The highest BCUT2D eigenvalue weighted by Gasteiger charge is 2.18. The number of anilines is 1. The van der Waals surface area contributed by atoms with E-state index in [4.69, 9.17) is 0 Å². The fourth-order valence-electron chi connectivity index (χ4n) is 2.06. The van der Waals surface area contributed by atoms with Crippen LogP contribution < -0.4 is 5.32 Å². The Morgan fingerprint density at radius 2 is 1.71 bits per heavy atom. The van der Waals surface area contributed by atoms with E-state index in [1.165, 1.54) is 18.2 Å². The van der Waals surface area contributed by atoms with Gasteiger partial charge in [0.15, 0.2) is 0 Å². The first-order chi connectivity index (χ1) is 9.99. The standard InChI is InChI=1S/C14H13N3O4/c1-10(13-7-2-3-8-14(13)17(20)21)15-11-5-4-6-12(9-11)16(18)19/h2-10,15H,1H3. The summed E-state index contributed by atoms with van der Waals surface area (Å²) >= 11 is 0. The quantitative estimate of drug-likeness (QED) is 0.668. The van der Waals surface area contributed by atoms with Crippen molar-refractivity contribution >= 4 is 17.1 Å². The molecule has 7 heteroatoms. The van der Waals surface area contributed by atoms with Crippen LogP contribution in [0.5, 0.6) is 0 Å². The summed E-state index contributed by atoms with van der Waals surface area (Å²) in [5.41, 5.74) is 1.04. The molecule has 0 bridgehead atoms. The summed E-state index contributed by atoms with van der Waals surface area (Å²) in [7, 11) is 0. The minimum atomic E-state index is -0.485. The summed E-state index contributed by atoms with van der Waals surface area (Å²) in [6, 6.07) is 12.1. The van der Waals surface area contributed by atoms with Crippen molar-refractivity contribution in [3.05, 3.63) is 74.3 Å². The summed E-state index contributed by atoms with van der Waals surface area (Å²) in [5, 5.41) is 24.8. The molecule has 21 heavy (non-hydrogen) atoms. The number of hydrogen-bond donors (Lipinski definition) is 1. The molecule has 1 unspecified atom stereocenters. The van der Waals surface area contributed by atoms with Crippen LogP contribution in [0.25, 0.3) is 0 Å². The van der Waals surface area contributed by atoms with E-state index in [-0.39, 0.29) is 17.4 Å². The van der Waals surface area contributed by atoms with Crippen LogP contribution in [0.4, 0.5) is 17.1 Å². The lowest BCUT2D eigenvalue weighted by atomic mass is 10.1. The van der Waals surface area contributed by atoms with Crippen molar-refractivity contribution < 1.29 is 9.85 Å². The molecule has 0 radical (unpaired) electrons. The van der Waals surface area contributed by atoms with Crippen LogP contribution in [0.3, 0.4) is 0 Å². The van der Waals surface area contributed by atoms with Gasteiger partial charge in [-0.15, -0.1) is 0 Å². The fraction of sp³-hybridized carbons (Fsp3) is 0.143. The number of nitro groups is 2. The Morgan fingerprint density at radius 3 is 2.38 bits per heavy atom. The third kappa shape index (κ3) is 3.33. The number of nitrogens with one attached hydrogen (secondary N) is 1. The van der Waals surface area contributed by atoms with Crippen LogP contribution in [0, 0.1) is 20.2 Å². The van der Waals surface area contributed by atoms with E-state index in [1.807, 2.05) is 0 Å². The van der Waals surface area contributed by atoms with Crippen molar-refractivity contribution in [2.45, 2.75) is 13.0 Å². The Bertz CT molecular complexity index is 687. The maximum absolute atomic E-state index is 11.0. The number of benzene rings is 2. The van der Waals surface area contributed by atoms with Gasteiger partial charge in [-0.25, -0.2) is 0 Å². The monoisotopic (exact) mass is 287 g/mol. The molecular weight excluding hydrogens is 274 g/mol. The van der Waals surface area contributed by atoms with Gasteiger partial charge in [0.25, 0.3) is 11.4 Å². The van der Waals surface area contributed by atoms with Crippen molar-refractivity contribution in [2.24, 2.45) is 0 Å². The van der Waals surface area contributed by atoms with Gasteiger partial charge in [0.05, 0.1) is 21.5 Å². The zero-order chi connectivity index (χ0) is 15.4. The van der Waals surface area contributed by atoms with Gasteiger partial charge in [0.1, 0.15) is 0 Å². The predicted octanol–water partition coefficient (Wildman–Crippen LogP) is 3.68. The Morgan fingerprint density at radius 1 is 1.00 bits per heavy atom. The molecule has 0 aromatic heterocycles. The maximum Gasteiger partial charge on any atom is 0.274 e. The van der Waals surface area contributed by atoms with Crippen LogP contribution in [-0.4, -0.2) is 9.85 Å². The summed E-state index contributed by atoms with van der Waals surface area (Å²) in [5.74, 6) is 0. The molecular formula is C14H13N3O4. The van der Waals surface area contributed by atoms with E-state index in [1.54, 1.807) is 37.3 Å². The summed E-state index contributed by atoms with van der Waals surface area (Å²) in [6.45, 7) is 1.77. The largest absolute Gasteiger partial charge is 0.378 e. The van der Waals surface area contributed by atoms with Gasteiger partial charge in [-0.2, -0.15) is 0 Å². The van der Waals surface area contributed by atoms with Crippen LogP contribution >= 0.6 is 0 Å². The Hall–Kier alpha value is -2.96. The normalized spacial score (nSPS) is 11.7. The van der Waals surface area contributed by atoms with Crippen LogP contribution in [0.1, 0.15) is 18.5 Å². The van der Waals surface area contributed by atoms with E-state index in [0.29, 0.717) is 11.3 Å². The lowest BCUT2D eigenvalue weighted by Crippen LogP contribution is -2.09. The van der Waals surface area contributed by atoms with Gasteiger partial charge in [-0.1, -0.05) is 24.3 Å². The highest BCUT2D eigenvalue weighted by Crippen LogP contribution is 2.28. The minimum absolute atomic E-state index is 0.0166. The van der Waals surface area contributed by atoms with Crippen LogP contribution in [0.2, 0.25) is 0 Å². The third-order valence-electron chi connectivity index (χ3n) is 3.04. The Balaban J connectivity index is 2.26. The minimum Gasteiger partial charge on any atom is -0.378 e. The van der Waals surface area contributed by atoms with Crippen molar-refractivity contribution in [3.8, 4) is 0 Å². The molecule has 2 aromatic carbocycles. The van der Waals surface area contributed by atoms with Gasteiger partial charge < -0.3 is 5.32 Å². The van der Waals surface area contributed by atoms with Crippen molar-refractivity contribution in [1.82, 2.24) is 0 Å². The number of para-hydroxylation sites is 1. The molecule has 108 valence electrons. The fourth-order valence-corrected chi connectivity index (χ4v) is 2.06. The van der Waals surface area contributed by atoms with Crippen LogP contribution in [0.15, 0.2) is 48.5 Å². The molecule has 0 saturated heterocycles. The highest BCUT2D eigenvalue weighted by molar-refractivity contribution is 5.54. The molecule has 2 rings (SSSR count). The predicted molar refractivity (Wildman–Crippen MR) is 78.2 cm³/mol. The number of rotatable bonds is 5. The molecule has 0 saturated carbocycles. The van der Waals surface area contributed by atoms with E-state index in [2.05, 4.69) is 5.32 Å². The van der Waals surface area contributed by atoms with E-state index in [0.717, 1.165) is 0 Å². The van der Waals surface area contributed by atoms with Crippen LogP contribution in [-0.2, 0) is 0 Å². The molecule has 0 heterocycles. The zero-order valence-corrected chi connectivity index (χ0v) is 11.2. The highest BCUT2D eigenvalue weighted by atomic mass is 16.6. The molecule has 1 N–H and O–H groups in total. The first-order valence-corrected chi connectivity index (χ1v) is 6.23. The molecule has 7 nitrogen and oxygen atoms in total. The Labute approximate surface area is 120 Å². The zero-order valence-electron chi connectivity index (χ0n) is 11.2. The third-order valence-corrected chi connectivity index (χ3v) is 3.04. The molecule has 0 aliphatic carbocycles. The molecule has 1 atom stereocenters. The van der Waals surface area contributed by atoms with E-state index < -0.39 is 9.85 Å². The molecule has 0 amide bonds.